The van der Waals surface area contributed by atoms with Gasteiger partial charge in [0.15, 0.2) is 5.78 Å². The van der Waals surface area contributed by atoms with E-state index >= 15 is 0 Å². The minimum Gasteiger partial charge on any atom is -0.401 e. The molecule has 0 saturated carbocycles. The predicted molar refractivity (Wildman–Crippen MR) is 88.8 cm³/mol. The third-order valence-electron chi connectivity index (χ3n) is 4.36. The summed E-state index contributed by atoms with van der Waals surface area (Å²) in [5, 5.41) is 10.7. The van der Waals surface area contributed by atoms with Gasteiger partial charge < -0.3 is 15.7 Å². The molecule has 1 saturated heterocycles. The lowest BCUT2D eigenvalue weighted by Crippen LogP contribution is -2.49. The van der Waals surface area contributed by atoms with Gasteiger partial charge in [-0.3, -0.25) is 9.59 Å². The molecule has 24 heavy (non-hydrogen) atoms. The van der Waals surface area contributed by atoms with Crippen molar-refractivity contribution in [3.8, 4) is 0 Å². The van der Waals surface area contributed by atoms with Gasteiger partial charge in [-0.25, -0.2) is 4.39 Å². The summed E-state index contributed by atoms with van der Waals surface area (Å²) in [5.74, 6) is -1.75. The van der Waals surface area contributed by atoms with Gasteiger partial charge in [0.2, 0.25) is 5.60 Å². The smallest absolute Gasteiger partial charge is 0.262 e. The number of nitrogens with two attached hydrogens (primary N) is 1. The highest BCUT2D eigenvalue weighted by Gasteiger charge is 2.51. The first kappa shape index (κ1) is 18.4. The number of aliphatic hydroxyl groups is 1. The number of carbonyl (C=O) groups excluding carboxylic acids is 2. The molecule has 1 aromatic carbocycles. The Kier molecular flexibility index (Phi) is 5.30. The lowest BCUT2D eigenvalue weighted by Gasteiger charge is -2.26. The number of carbonyl (C=O) groups is 2. The standard InChI is InChI=1S/C17H20ClFN2O3/c1-10(20)11(2)21-6-5-17(24,16(21)23)15(22)4-3-12-7-13(18)9-14(19)8-12/h7-9,11,24H,1,3-6,20H2,2H3/t11-,17?/m0/s1. The topological polar surface area (TPSA) is 83.6 Å². The molecule has 7 heteroatoms. The number of aryl methyl sites for hydroxylation is 1. The first-order valence-electron chi connectivity index (χ1n) is 7.61. The number of rotatable bonds is 6. The van der Waals surface area contributed by atoms with Gasteiger partial charge in [-0.1, -0.05) is 18.2 Å². The summed E-state index contributed by atoms with van der Waals surface area (Å²) in [7, 11) is 0. The van der Waals surface area contributed by atoms with E-state index in [1.54, 1.807) is 13.0 Å². The van der Waals surface area contributed by atoms with Crippen molar-refractivity contribution in [3.05, 3.63) is 46.9 Å². The number of Topliss-reactive ketones (excluding diaryl/α,β-unsaturated/α-hetero) is 1. The van der Waals surface area contributed by atoms with Crippen LogP contribution in [0.1, 0.15) is 25.3 Å². The van der Waals surface area contributed by atoms with E-state index in [0.717, 1.165) is 0 Å². The van der Waals surface area contributed by atoms with E-state index < -0.39 is 29.2 Å². The van der Waals surface area contributed by atoms with E-state index in [9.17, 15) is 19.1 Å². The monoisotopic (exact) mass is 354 g/mol. The van der Waals surface area contributed by atoms with Crippen LogP contribution < -0.4 is 5.73 Å². The van der Waals surface area contributed by atoms with E-state index in [4.69, 9.17) is 17.3 Å². The largest absolute Gasteiger partial charge is 0.401 e. The fourth-order valence-corrected chi connectivity index (χ4v) is 3.02. The molecule has 2 atom stereocenters. The highest BCUT2D eigenvalue weighted by atomic mass is 35.5. The maximum absolute atomic E-state index is 13.3. The molecule has 0 aliphatic carbocycles. The van der Waals surface area contributed by atoms with Crippen LogP contribution in [0.5, 0.6) is 0 Å². The van der Waals surface area contributed by atoms with Crippen molar-refractivity contribution in [3.63, 3.8) is 0 Å². The molecule has 1 amide bonds. The van der Waals surface area contributed by atoms with Crippen LogP contribution in [0.3, 0.4) is 0 Å². The van der Waals surface area contributed by atoms with E-state index in [-0.39, 0.29) is 36.5 Å². The molecule has 1 fully saturated rings. The van der Waals surface area contributed by atoms with Crippen LogP contribution in [0.15, 0.2) is 30.5 Å². The Bertz CT molecular complexity index is 674. The van der Waals surface area contributed by atoms with Crippen molar-refractivity contribution < 1.29 is 19.1 Å². The summed E-state index contributed by atoms with van der Waals surface area (Å²) in [4.78, 5) is 26.1. The Hall–Kier alpha value is -1.92. The Labute approximate surface area is 144 Å². The van der Waals surface area contributed by atoms with E-state index in [1.807, 2.05) is 0 Å². The lowest BCUT2D eigenvalue weighted by atomic mass is 9.92. The Morgan fingerprint density at radius 2 is 2.21 bits per heavy atom. The highest BCUT2D eigenvalue weighted by Crippen LogP contribution is 2.28. The zero-order valence-electron chi connectivity index (χ0n) is 13.4. The lowest BCUT2D eigenvalue weighted by molar-refractivity contribution is -0.153. The van der Waals surface area contributed by atoms with E-state index in [2.05, 4.69) is 6.58 Å². The first-order valence-corrected chi connectivity index (χ1v) is 7.99. The van der Waals surface area contributed by atoms with Crippen molar-refractivity contribution in [2.24, 2.45) is 5.73 Å². The van der Waals surface area contributed by atoms with E-state index in [0.29, 0.717) is 5.56 Å². The van der Waals surface area contributed by atoms with Gasteiger partial charge in [-0.15, -0.1) is 0 Å². The second-order valence-electron chi connectivity index (χ2n) is 6.06. The van der Waals surface area contributed by atoms with Crippen molar-refractivity contribution in [2.75, 3.05) is 6.54 Å². The van der Waals surface area contributed by atoms with Crippen LogP contribution >= 0.6 is 11.6 Å². The number of ketones is 1. The third kappa shape index (κ3) is 3.60. The molecule has 0 bridgehead atoms. The number of hydrogen-bond acceptors (Lipinski definition) is 4. The quantitative estimate of drug-likeness (QED) is 0.763. The van der Waals surface area contributed by atoms with Crippen LogP contribution in [0, 0.1) is 5.82 Å². The zero-order valence-corrected chi connectivity index (χ0v) is 14.1. The fourth-order valence-electron chi connectivity index (χ4n) is 2.78. The molecule has 1 aliphatic heterocycles. The van der Waals surface area contributed by atoms with Gasteiger partial charge in [-0.2, -0.15) is 0 Å². The number of halogens is 2. The number of benzene rings is 1. The summed E-state index contributed by atoms with van der Waals surface area (Å²) in [6.07, 6.45) is 0.102. The Morgan fingerprint density at radius 3 is 2.79 bits per heavy atom. The van der Waals surface area contributed by atoms with Crippen molar-refractivity contribution in [2.45, 2.75) is 37.8 Å². The van der Waals surface area contributed by atoms with Crippen molar-refractivity contribution in [1.29, 1.82) is 0 Å². The molecule has 2 rings (SSSR count). The normalized spacial score (nSPS) is 21.8. The number of amides is 1. The van der Waals surface area contributed by atoms with Gasteiger partial charge in [0, 0.05) is 30.1 Å². The molecule has 0 aromatic heterocycles. The van der Waals surface area contributed by atoms with Gasteiger partial charge in [0.25, 0.3) is 5.91 Å². The number of nitrogens with zero attached hydrogens (tertiary/aromatic N) is 1. The van der Waals surface area contributed by atoms with Gasteiger partial charge in [0.05, 0.1) is 6.04 Å². The summed E-state index contributed by atoms with van der Waals surface area (Å²) >= 11 is 5.77. The number of likely N-dealkylation sites (tertiary alicyclic amines) is 1. The van der Waals surface area contributed by atoms with Crippen LogP contribution in [0.2, 0.25) is 5.02 Å². The van der Waals surface area contributed by atoms with Gasteiger partial charge >= 0.3 is 0 Å². The maximum atomic E-state index is 13.3. The SMILES string of the molecule is C=C(N)[C@H](C)N1CCC(O)(C(=O)CCc2cc(F)cc(Cl)c2)C1=O. The second kappa shape index (κ2) is 6.91. The summed E-state index contributed by atoms with van der Waals surface area (Å²) in [5.41, 5.74) is 4.37. The second-order valence-corrected chi connectivity index (χ2v) is 6.50. The summed E-state index contributed by atoms with van der Waals surface area (Å²) < 4.78 is 13.3. The first-order chi connectivity index (χ1) is 11.1. The molecular weight excluding hydrogens is 335 g/mol. The minimum absolute atomic E-state index is 0.00614. The van der Waals surface area contributed by atoms with Crippen LogP contribution in [0.25, 0.3) is 0 Å². The molecule has 1 aromatic rings. The molecule has 3 N–H and O–H groups in total. The van der Waals surface area contributed by atoms with Gasteiger partial charge in [0.1, 0.15) is 5.82 Å². The molecule has 0 spiro atoms. The fraction of sp³-hybridized carbons (Fsp3) is 0.412. The molecule has 1 unspecified atom stereocenters. The Morgan fingerprint density at radius 1 is 1.54 bits per heavy atom. The van der Waals surface area contributed by atoms with Crippen molar-refractivity contribution in [1.82, 2.24) is 4.90 Å². The minimum atomic E-state index is -2.05. The Balaban J connectivity index is 2.06. The molecule has 1 heterocycles. The highest BCUT2D eigenvalue weighted by molar-refractivity contribution is 6.30. The number of hydrogen-bond donors (Lipinski definition) is 2. The van der Waals surface area contributed by atoms with Crippen LogP contribution in [-0.4, -0.2) is 39.9 Å². The zero-order chi connectivity index (χ0) is 18.1. The molecule has 130 valence electrons. The average molecular weight is 355 g/mol. The third-order valence-corrected chi connectivity index (χ3v) is 4.58. The van der Waals surface area contributed by atoms with Gasteiger partial charge in [-0.05, 0) is 37.1 Å². The molecule has 5 nitrogen and oxygen atoms in total. The summed E-state index contributed by atoms with van der Waals surface area (Å²) in [6, 6.07) is 3.53. The van der Waals surface area contributed by atoms with Crippen LogP contribution in [0.4, 0.5) is 4.39 Å². The molecule has 0 radical (unpaired) electrons. The average Bonchev–Trinajstić information content (AvgIpc) is 2.80. The maximum Gasteiger partial charge on any atom is 0.262 e. The predicted octanol–water partition coefficient (Wildman–Crippen LogP) is 1.81. The van der Waals surface area contributed by atoms with E-state index in [1.165, 1.54) is 17.0 Å². The van der Waals surface area contributed by atoms with Crippen LogP contribution in [-0.2, 0) is 16.0 Å². The molecule has 1 aliphatic rings. The molecular formula is C17H20ClFN2O3. The summed E-state index contributed by atoms with van der Waals surface area (Å²) in [6.45, 7) is 5.50. The van der Waals surface area contributed by atoms with Crippen molar-refractivity contribution >= 4 is 23.3 Å².